The molecule has 1 heterocycles. The molecule has 14 heavy (non-hydrogen) atoms. The number of hydrogen-bond acceptors (Lipinski definition) is 3. The third-order valence-electron chi connectivity index (χ3n) is 1.52. The Bertz CT molecular complexity index is 274. The van der Waals surface area contributed by atoms with Crippen molar-refractivity contribution in [1.82, 2.24) is 10.3 Å². The number of pyridine rings is 1. The Morgan fingerprint density at radius 2 is 2.43 bits per heavy atom. The van der Waals surface area contributed by atoms with Gasteiger partial charge in [0.05, 0.1) is 10.0 Å². The van der Waals surface area contributed by atoms with Gasteiger partial charge in [0.2, 0.25) is 0 Å². The fourth-order valence-corrected chi connectivity index (χ4v) is 1.74. The Morgan fingerprint density at radius 1 is 1.57 bits per heavy atom. The van der Waals surface area contributed by atoms with E-state index in [1.54, 1.807) is 18.0 Å². The largest absolute Gasteiger partial charge is 0.312 e. The highest BCUT2D eigenvalue weighted by Gasteiger charge is 1.94. The Labute approximate surface area is 93.8 Å². The van der Waals surface area contributed by atoms with Gasteiger partial charge >= 0.3 is 0 Å². The monoisotopic (exact) mass is 228 g/mol. The molecular formula is C10H13ClN2S. The van der Waals surface area contributed by atoms with Crippen LogP contribution in [-0.4, -0.2) is 23.8 Å². The predicted octanol–water partition coefficient (Wildman–Crippen LogP) is 2.60. The van der Waals surface area contributed by atoms with Crippen LogP contribution in [-0.2, 0) is 0 Å². The van der Waals surface area contributed by atoms with Gasteiger partial charge in [0, 0.05) is 25.0 Å². The molecule has 0 atom stereocenters. The number of nitrogens with zero attached hydrogens (tertiary/aromatic N) is 1. The molecule has 0 bridgehead atoms. The first-order chi connectivity index (χ1) is 6.83. The van der Waals surface area contributed by atoms with Crippen molar-refractivity contribution in [3.05, 3.63) is 36.0 Å². The van der Waals surface area contributed by atoms with E-state index >= 15 is 0 Å². The van der Waals surface area contributed by atoms with E-state index in [4.69, 9.17) is 11.6 Å². The third kappa shape index (κ3) is 4.65. The highest BCUT2D eigenvalue weighted by Crippen LogP contribution is 2.16. The lowest BCUT2D eigenvalue weighted by molar-refractivity contribution is 0.806. The Kier molecular flexibility index (Phi) is 5.68. The molecule has 4 heteroatoms. The Morgan fingerprint density at radius 3 is 3.07 bits per heavy atom. The zero-order valence-corrected chi connectivity index (χ0v) is 9.44. The molecule has 2 nitrogen and oxygen atoms in total. The maximum atomic E-state index is 5.72. The van der Waals surface area contributed by atoms with Crippen LogP contribution in [0.3, 0.4) is 0 Å². The summed E-state index contributed by atoms with van der Waals surface area (Å²) in [5.74, 6) is 1.00. The predicted molar refractivity (Wildman–Crippen MR) is 63.0 cm³/mol. The molecule has 0 unspecified atom stereocenters. The average molecular weight is 229 g/mol. The van der Waals surface area contributed by atoms with E-state index in [2.05, 4.69) is 16.9 Å². The number of rotatable bonds is 6. The van der Waals surface area contributed by atoms with Crippen LogP contribution in [0.25, 0.3) is 0 Å². The first-order valence-electron chi connectivity index (χ1n) is 4.39. The number of halogens is 1. The van der Waals surface area contributed by atoms with Gasteiger partial charge in [0.25, 0.3) is 0 Å². The smallest absolute Gasteiger partial charge is 0.0961 e. The first kappa shape index (κ1) is 11.6. The molecule has 1 aromatic rings. The van der Waals surface area contributed by atoms with Crippen LogP contribution in [0.4, 0.5) is 0 Å². The SMILES string of the molecule is C=CCNCCSc1ccc(Cl)cn1. The lowest BCUT2D eigenvalue weighted by Gasteiger charge is -2.01. The number of nitrogens with one attached hydrogen (secondary N) is 1. The van der Waals surface area contributed by atoms with Gasteiger partial charge in [-0.3, -0.25) is 0 Å². The van der Waals surface area contributed by atoms with E-state index in [1.165, 1.54) is 0 Å². The second kappa shape index (κ2) is 6.87. The minimum Gasteiger partial charge on any atom is -0.312 e. The lowest BCUT2D eigenvalue weighted by Crippen LogP contribution is -2.16. The van der Waals surface area contributed by atoms with Gasteiger partial charge in [0.15, 0.2) is 0 Å². The maximum absolute atomic E-state index is 5.72. The molecule has 0 radical (unpaired) electrons. The Balaban J connectivity index is 2.18. The van der Waals surface area contributed by atoms with Crippen LogP contribution in [0, 0.1) is 0 Å². The van der Waals surface area contributed by atoms with Crippen LogP contribution in [0.5, 0.6) is 0 Å². The van der Waals surface area contributed by atoms with Gasteiger partial charge in [-0.2, -0.15) is 0 Å². The summed E-state index contributed by atoms with van der Waals surface area (Å²) in [6.07, 6.45) is 3.52. The van der Waals surface area contributed by atoms with Crippen molar-refractivity contribution in [3.8, 4) is 0 Å². The van der Waals surface area contributed by atoms with E-state index < -0.39 is 0 Å². The third-order valence-corrected chi connectivity index (χ3v) is 2.69. The van der Waals surface area contributed by atoms with Gasteiger partial charge in [-0.1, -0.05) is 17.7 Å². The molecule has 0 aliphatic carbocycles. The molecular weight excluding hydrogens is 216 g/mol. The molecule has 0 spiro atoms. The second-order valence-corrected chi connectivity index (χ2v) is 4.21. The van der Waals surface area contributed by atoms with Crippen molar-refractivity contribution >= 4 is 23.4 Å². The van der Waals surface area contributed by atoms with E-state index in [1.807, 2.05) is 18.2 Å². The summed E-state index contributed by atoms with van der Waals surface area (Å²) in [6.45, 7) is 5.44. The molecule has 0 aromatic carbocycles. The van der Waals surface area contributed by atoms with Crippen molar-refractivity contribution in [2.45, 2.75) is 5.03 Å². The van der Waals surface area contributed by atoms with Gasteiger partial charge < -0.3 is 5.32 Å². The lowest BCUT2D eigenvalue weighted by atomic mass is 10.5. The average Bonchev–Trinajstić information content (AvgIpc) is 2.21. The van der Waals surface area contributed by atoms with Crippen LogP contribution in [0.2, 0.25) is 5.02 Å². The summed E-state index contributed by atoms with van der Waals surface area (Å²) in [4.78, 5) is 4.18. The molecule has 76 valence electrons. The topological polar surface area (TPSA) is 24.9 Å². The molecule has 1 N–H and O–H groups in total. The summed E-state index contributed by atoms with van der Waals surface area (Å²) in [5, 5.41) is 4.91. The molecule has 0 aliphatic heterocycles. The maximum Gasteiger partial charge on any atom is 0.0961 e. The summed E-state index contributed by atoms with van der Waals surface area (Å²) >= 11 is 7.43. The zero-order chi connectivity index (χ0) is 10.2. The van der Waals surface area contributed by atoms with Crippen molar-refractivity contribution < 1.29 is 0 Å². The Hall–Kier alpha value is -0.510. The summed E-state index contributed by atoms with van der Waals surface area (Å²) < 4.78 is 0. The first-order valence-corrected chi connectivity index (χ1v) is 5.75. The van der Waals surface area contributed by atoms with Gasteiger partial charge in [0.1, 0.15) is 0 Å². The zero-order valence-electron chi connectivity index (χ0n) is 7.87. The normalized spacial score (nSPS) is 10.1. The minimum absolute atomic E-state index is 0.680. The van der Waals surface area contributed by atoms with Crippen LogP contribution in [0.15, 0.2) is 36.0 Å². The van der Waals surface area contributed by atoms with E-state index in [0.29, 0.717) is 5.02 Å². The summed E-state index contributed by atoms with van der Waals surface area (Å²) in [7, 11) is 0. The highest BCUT2D eigenvalue weighted by atomic mass is 35.5. The van der Waals surface area contributed by atoms with Crippen molar-refractivity contribution in [1.29, 1.82) is 0 Å². The van der Waals surface area contributed by atoms with Crippen LogP contribution < -0.4 is 5.32 Å². The van der Waals surface area contributed by atoms with E-state index in [0.717, 1.165) is 23.9 Å². The van der Waals surface area contributed by atoms with Crippen molar-refractivity contribution in [2.75, 3.05) is 18.8 Å². The molecule has 0 saturated carbocycles. The second-order valence-electron chi connectivity index (χ2n) is 2.66. The van der Waals surface area contributed by atoms with Gasteiger partial charge in [-0.05, 0) is 12.1 Å². The standard InChI is InChI=1S/C10H13ClN2S/c1-2-5-12-6-7-14-10-4-3-9(11)8-13-10/h2-4,8,12H,1,5-7H2. The van der Waals surface area contributed by atoms with Crippen molar-refractivity contribution in [3.63, 3.8) is 0 Å². The summed E-state index contributed by atoms with van der Waals surface area (Å²) in [6, 6.07) is 3.79. The van der Waals surface area contributed by atoms with Gasteiger partial charge in [-0.15, -0.1) is 18.3 Å². The molecule has 0 saturated heterocycles. The highest BCUT2D eigenvalue weighted by molar-refractivity contribution is 7.99. The number of thioether (sulfide) groups is 1. The van der Waals surface area contributed by atoms with Crippen LogP contribution >= 0.6 is 23.4 Å². The molecule has 0 fully saturated rings. The molecule has 0 aliphatic rings. The van der Waals surface area contributed by atoms with E-state index in [-0.39, 0.29) is 0 Å². The summed E-state index contributed by atoms with van der Waals surface area (Å²) in [5.41, 5.74) is 0. The molecule has 1 aromatic heterocycles. The minimum atomic E-state index is 0.680. The number of hydrogen-bond donors (Lipinski definition) is 1. The fourth-order valence-electron chi connectivity index (χ4n) is 0.880. The van der Waals surface area contributed by atoms with Crippen LogP contribution in [0.1, 0.15) is 0 Å². The van der Waals surface area contributed by atoms with E-state index in [9.17, 15) is 0 Å². The molecule has 0 amide bonds. The van der Waals surface area contributed by atoms with Gasteiger partial charge in [-0.25, -0.2) is 4.98 Å². The fraction of sp³-hybridized carbons (Fsp3) is 0.300. The quantitative estimate of drug-likeness (QED) is 0.460. The molecule has 1 rings (SSSR count). The number of aromatic nitrogens is 1. The van der Waals surface area contributed by atoms with Crippen molar-refractivity contribution in [2.24, 2.45) is 0 Å².